The first-order valence-electron chi connectivity index (χ1n) is 4.83. The summed E-state index contributed by atoms with van der Waals surface area (Å²) in [7, 11) is 0. The molecule has 0 aliphatic carbocycles. The second-order valence-electron chi connectivity index (χ2n) is 4.59. The van der Waals surface area contributed by atoms with Crippen molar-refractivity contribution in [2.75, 3.05) is 5.73 Å². The van der Waals surface area contributed by atoms with E-state index in [0.717, 1.165) is 17.0 Å². The third-order valence-electron chi connectivity index (χ3n) is 2.27. The van der Waals surface area contributed by atoms with Gasteiger partial charge in [0.05, 0.1) is 18.1 Å². The van der Waals surface area contributed by atoms with Gasteiger partial charge in [-0.15, -0.1) is 0 Å². The molecule has 2 heterocycles. The van der Waals surface area contributed by atoms with Crippen molar-refractivity contribution in [1.82, 2.24) is 20.2 Å². The van der Waals surface area contributed by atoms with Crippen molar-refractivity contribution >= 4 is 5.95 Å². The smallest absolute Gasteiger partial charge is 0.197 e. The highest BCUT2D eigenvalue weighted by molar-refractivity contribution is 5.63. The molecule has 2 aromatic rings. The molecule has 0 fully saturated rings. The van der Waals surface area contributed by atoms with Gasteiger partial charge >= 0.3 is 0 Å². The molecule has 4 N–H and O–H groups in total. The number of hydrogen-bond acceptors (Lipinski definition) is 3. The number of nitrogen functional groups attached to an aromatic ring is 1. The average Bonchev–Trinajstić information content (AvgIpc) is 2.68. The first-order chi connectivity index (χ1) is 6.98. The van der Waals surface area contributed by atoms with Crippen molar-refractivity contribution in [2.45, 2.75) is 26.2 Å². The van der Waals surface area contributed by atoms with Crippen LogP contribution in [0.25, 0.3) is 11.3 Å². The Morgan fingerprint density at radius 3 is 2.53 bits per heavy atom. The zero-order valence-electron chi connectivity index (χ0n) is 9.13. The number of rotatable bonds is 1. The lowest BCUT2D eigenvalue weighted by molar-refractivity contribution is 0.568. The molecule has 0 amide bonds. The van der Waals surface area contributed by atoms with E-state index in [4.69, 9.17) is 5.73 Å². The molecular weight excluding hydrogens is 190 g/mol. The lowest BCUT2D eigenvalue weighted by Crippen LogP contribution is -2.13. The summed E-state index contributed by atoms with van der Waals surface area (Å²) in [6, 6.07) is 0. The number of H-pyrrole nitrogens is 2. The van der Waals surface area contributed by atoms with Crippen LogP contribution in [0.15, 0.2) is 12.4 Å². The molecule has 0 radical (unpaired) electrons. The van der Waals surface area contributed by atoms with Gasteiger partial charge in [-0.25, -0.2) is 4.98 Å². The molecule has 0 spiro atoms. The van der Waals surface area contributed by atoms with Gasteiger partial charge < -0.3 is 10.7 Å². The normalized spacial score (nSPS) is 11.9. The molecular formula is C10H15N5. The van der Waals surface area contributed by atoms with Crippen LogP contribution in [0.3, 0.4) is 0 Å². The zero-order chi connectivity index (χ0) is 11.1. The Hall–Kier alpha value is -1.78. The quantitative estimate of drug-likeness (QED) is 0.662. The molecule has 2 rings (SSSR count). The van der Waals surface area contributed by atoms with Gasteiger partial charge in [-0.2, -0.15) is 5.10 Å². The fraction of sp³-hybridized carbons (Fsp3) is 0.400. The molecule has 0 bridgehead atoms. The van der Waals surface area contributed by atoms with Crippen molar-refractivity contribution < 1.29 is 0 Å². The molecule has 5 heteroatoms. The SMILES string of the molecule is CC(C)(C)c1[nH]ncc1-c1cnc(N)[nH]1. The van der Waals surface area contributed by atoms with Crippen molar-refractivity contribution in [1.29, 1.82) is 0 Å². The molecule has 0 aliphatic heterocycles. The van der Waals surface area contributed by atoms with Crippen LogP contribution in [0.4, 0.5) is 5.95 Å². The lowest BCUT2D eigenvalue weighted by atomic mass is 9.89. The van der Waals surface area contributed by atoms with Crippen LogP contribution in [-0.2, 0) is 5.41 Å². The van der Waals surface area contributed by atoms with E-state index in [1.54, 1.807) is 12.4 Å². The zero-order valence-corrected chi connectivity index (χ0v) is 9.13. The Kier molecular flexibility index (Phi) is 2.03. The molecule has 0 atom stereocenters. The van der Waals surface area contributed by atoms with Crippen molar-refractivity contribution in [3.05, 3.63) is 18.1 Å². The second-order valence-corrected chi connectivity index (χ2v) is 4.59. The molecule has 0 unspecified atom stereocenters. The maximum atomic E-state index is 5.55. The minimum atomic E-state index is 0.0195. The Morgan fingerprint density at radius 1 is 1.27 bits per heavy atom. The molecule has 80 valence electrons. The van der Waals surface area contributed by atoms with Crippen LogP contribution in [0.1, 0.15) is 26.5 Å². The van der Waals surface area contributed by atoms with Crippen LogP contribution in [0.5, 0.6) is 0 Å². The van der Waals surface area contributed by atoms with Crippen LogP contribution >= 0.6 is 0 Å². The molecule has 0 saturated heterocycles. The van der Waals surface area contributed by atoms with Crippen molar-refractivity contribution in [2.24, 2.45) is 0 Å². The van der Waals surface area contributed by atoms with E-state index in [9.17, 15) is 0 Å². The topological polar surface area (TPSA) is 83.4 Å². The number of nitrogens with one attached hydrogen (secondary N) is 2. The van der Waals surface area contributed by atoms with Gasteiger partial charge in [-0.05, 0) is 0 Å². The number of aromatic amines is 2. The van der Waals surface area contributed by atoms with Crippen LogP contribution in [0.2, 0.25) is 0 Å². The summed E-state index contributed by atoms with van der Waals surface area (Å²) < 4.78 is 0. The van der Waals surface area contributed by atoms with Crippen LogP contribution in [-0.4, -0.2) is 20.2 Å². The molecule has 0 aromatic carbocycles. The van der Waals surface area contributed by atoms with E-state index < -0.39 is 0 Å². The molecule has 0 aliphatic rings. The van der Waals surface area contributed by atoms with Gasteiger partial charge in [0.2, 0.25) is 0 Å². The standard InChI is InChI=1S/C10H15N5/c1-10(2,3)8-6(4-13-15-8)7-5-12-9(11)14-7/h4-5H,1-3H3,(H,13,15)(H3,11,12,14). The summed E-state index contributed by atoms with van der Waals surface area (Å²) in [5.41, 5.74) is 8.56. The molecule has 15 heavy (non-hydrogen) atoms. The Labute approximate surface area is 88.1 Å². The number of anilines is 1. The van der Waals surface area contributed by atoms with E-state index in [2.05, 4.69) is 40.9 Å². The molecule has 5 nitrogen and oxygen atoms in total. The largest absolute Gasteiger partial charge is 0.369 e. The predicted molar refractivity (Wildman–Crippen MR) is 59.3 cm³/mol. The number of aromatic nitrogens is 4. The van der Waals surface area contributed by atoms with E-state index in [1.807, 2.05) is 0 Å². The van der Waals surface area contributed by atoms with Crippen LogP contribution in [0, 0.1) is 0 Å². The van der Waals surface area contributed by atoms with Gasteiger partial charge in [0.1, 0.15) is 0 Å². The second kappa shape index (κ2) is 3.12. The minimum Gasteiger partial charge on any atom is -0.369 e. The average molecular weight is 205 g/mol. The minimum absolute atomic E-state index is 0.0195. The number of imidazole rings is 1. The molecule has 2 aromatic heterocycles. The van der Waals surface area contributed by atoms with E-state index in [-0.39, 0.29) is 5.41 Å². The third kappa shape index (κ3) is 1.72. The Morgan fingerprint density at radius 2 is 2.00 bits per heavy atom. The van der Waals surface area contributed by atoms with Gasteiger partial charge in [0.15, 0.2) is 5.95 Å². The summed E-state index contributed by atoms with van der Waals surface area (Å²) in [6.07, 6.45) is 3.50. The van der Waals surface area contributed by atoms with Crippen molar-refractivity contribution in [3.8, 4) is 11.3 Å². The van der Waals surface area contributed by atoms with E-state index >= 15 is 0 Å². The number of nitrogens with two attached hydrogens (primary N) is 1. The summed E-state index contributed by atoms with van der Waals surface area (Å²) >= 11 is 0. The third-order valence-corrected chi connectivity index (χ3v) is 2.27. The van der Waals surface area contributed by atoms with E-state index in [0.29, 0.717) is 5.95 Å². The van der Waals surface area contributed by atoms with Gasteiger partial charge in [0.25, 0.3) is 0 Å². The maximum absolute atomic E-state index is 5.55. The van der Waals surface area contributed by atoms with E-state index in [1.165, 1.54) is 0 Å². The maximum Gasteiger partial charge on any atom is 0.197 e. The van der Waals surface area contributed by atoms with Gasteiger partial charge in [-0.1, -0.05) is 20.8 Å². The number of hydrogen-bond donors (Lipinski definition) is 3. The Balaban J connectivity index is 2.50. The Bertz CT molecular complexity index is 460. The van der Waals surface area contributed by atoms with Gasteiger partial charge in [-0.3, -0.25) is 5.10 Å². The fourth-order valence-corrected chi connectivity index (χ4v) is 1.54. The summed E-state index contributed by atoms with van der Waals surface area (Å²) in [4.78, 5) is 6.97. The summed E-state index contributed by atoms with van der Waals surface area (Å²) in [5.74, 6) is 0.422. The highest BCUT2D eigenvalue weighted by atomic mass is 15.1. The fourth-order valence-electron chi connectivity index (χ4n) is 1.54. The summed E-state index contributed by atoms with van der Waals surface area (Å²) in [6.45, 7) is 6.39. The lowest BCUT2D eigenvalue weighted by Gasteiger charge is -2.17. The first-order valence-corrected chi connectivity index (χ1v) is 4.83. The van der Waals surface area contributed by atoms with Gasteiger partial charge in [0, 0.05) is 16.7 Å². The monoisotopic (exact) mass is 205 g/mol. The number of nitrogens with zero attached hydrogens (tertiary/aromatic N) is 2. The van der Waals surface area contributed by atoms with Crippen LogP contribution < -0.4 is 5.73 Å². The summed E-state index contributed by atoms with van der Waals surface area (Å²) in [5, 5.41) is 7.08. The highest BCUT2D eigenvalue weighted by Gasteiger charge is 2.21. The first kappa shape index (κ1) is 9.76. The predicted octanol–water partition coefficient (Wildman–Crippen LogP) is 1.68. The van der Waals surface area contributed by atoms with Crippen molar-refractivity contribution in [3.63, 3.8) is 0 Å². The molecule has 0 saturated carbocycles. The highest BCUT2D eigenvalue weighted by Crippen LogP contribution is 2.29.